The Bertz CT molecular complexity index is 280. The van der Waals surface area contributed by atoms with E-state index >= 15 is 0 Å². The molecule has 20 heavy (non-hydrogen) atoms. The van der Waals surface area contributed by atoms with Crippen molar-refractivity contribution in [2.24, 2.45) is 10.9 Å². The van der Waals surface area contributed by atoms with Crippen LogP contribution in [0.4, 0.5) is 0 Å². The Balaban J connectivity index is 3.40. The highest BCUT2D eigenvalue weighted by Gasteiger charge is 2.10. The molecular formula is C15H31N3O2. The molecule has 0 heterocycles. The molecule has 0 saturated carbocycles. The van der Waals surface area contributed by atoms with Crippen molar-refractivity contribution in [3.8, 4) is 0 Å². The third-order valence-electron chi connectivity index (χ3n) is 3.44. The molecule has 0 aromatic heterocycles. The van der Waals surface area contributed by atoms with E-state index in [4.69, 9.17) is 10.9 Å². The Labute approximate surface area is 123 Å². The summed E-state index contributed by atoms with van der Waals surface area (Å²) >= 11 is 0. The molecule has 0 saturated heterocycles. The van der Waals surface area contributed by atoms with Gasteiger partial charge in [0.2, 0.25) is 5.91 Å². The van der Waals surface area contributed by atoms with E-state index in [-0.39, 0.29) is 11.7 Å². The van der Waals surface area contributed by atoms with Crippen molar-refractivity contribution in [3.05, 3.63) is 0 Å². The predicted molar refractivity (Wildman–Crippen MR) is 82.9 cm³/mol. The van der Waals surface area contributed by atoms with Gasteiger partial charge in [-0.2, -0.15) is 0 Å². The Kier molecular flexibility index (Phi) is 12.0. The molecule has 0 aliphatic rings. The van der Waals surface area contributed by atoms with Gasteiger partial charge in [0.15, 0.2) is 5.84 Å². The van der Waals surface area contributed by atoms with Crippen molar-refractivity contribution in [2.45, 2.75) is 84.1 Å². The number of rotatable bonds is 12. The quantitative estimate of drug-likeness (QED) is 0.169. The molecule has 118 valence electrons. The molecule has 0 rings (SSSR count). The van der Waals surface area contributed by atoms with Crippen molar-refractivity contribution in [1.29, 1.82) is 0 Å². The van der Waals surface area contributed by atoms with Crippen LogP contribution in [0.15, 0.2) is 5.16 Å². The number of unbranched alkanes of at least 4 members (excludes halogenated alkanes) is 8. The van der Waals surface area contributed by atoms with Crippen LogP contribution in [-0.4, -0.2) is 23.0 Å². The lowest BCUT2D eigenvalue weighted by Crippen LogP contribution is -2.42. The Morgan fingerprint density at radius 1 is 1.10 bits per heavy atom. The lowest BCUT2D eigenvalue weighted by atomic mass is 10.1. The number of nitrogens with two attached hydrogens (primary N) is 1. The Morgan fingerprint density at radius 3 is 2.10 bits per heavy atom. The first-order valence-electron chi connectivity index (χ1n) is 7.88. The number of hydrogen-bond donors (Lipinski definition) is 3. The van der Waals surface area contributed by atoms with Gasteiger partial charge in [0.05, 0.1) is 6.04 Å². The molecule has 4 N–H and O–H groups in total. The van der Waals surface area contributed by atoms with Gasteiger partial charge >= 0.3 is 0 Å². The minimum absolute atomic E-state index is 0.0328. The van der Waals surface area contributed by atoms with Crippen molar-refractivity contribution in [3.63, 3.8) is 0 Å². The lowest BCUT2D eigenvalue weighted by molar-refractivity contribution is -0.121. The fourth-order valence-electron chi connectivity index (χ4n) is 2.07. The molecule has 0 aromatic rings. The number of nitrogens with zero attached hydrogens (tertiary/aromatic N) is 1. The summed E-state index contributed by atoms with van der Waals surface area (Å²) in [6.45, 7) is 3.93. The number of nitrogens with one attached hydrogen (secondary N) is 1. The zero-order valence-corrected chi connectivity index (χ0v) is 13.0. The van der Waals surface area contributed by atoms with Crippen molar-refractivity contribution in [1.82, 2.24) is 5.32 Å². The standard InChI is InChI=1S/C15H31N3O2/c1-3-4-5-6-7-8-9-10-11-12-14(19)17-13(2)15(16)18-20/h13,20H,3-12H2,1-2H3,(H2,16,18)(H,17,19). The lowest BCUT2D eigenvalue weighted by Gasteiger charge is -2.11. The van der Waals surface area contributed by atoms with Gasteiger partial charge in [0, 0.05) is 6.42 Å². The second-order valence-electron chi connectivity index (χ2n) is 5.39. The predicted octanol–water partition coefficient (Wildman–Crippen LogP) is 3.16. The molecule has 0 spiro atoms. The molecule has 1 unspecified atom stereocenters. The summed E-state index contributed by atoms with van der Waals surface area (Å²) < 4.78 is 0. The van der Waals surface area contributed by atoms with Gasteiger partial charge < -0.3 is 16.3 Å². The van der Waals surface area contributed by atoms with Gasteiger partial charge in [-0.05, 0) is 13.3 Å². The molecular weight excluding hydrogens is 254 g/mol. The van der Waals surface area contributed by atoms with Crippen LogP contribution in [0.1, 0.15) is 78.1 Å². The van der Waals surface area contributed by atoms with E-state index in [0.29, 0.717) is 6.42 Å². The van der Waals surface area contributed by atoms with Crippen LogP contribution in [0, 0.1) is 0 Å². The van der Waals surface area contributed by atoms with Crippen LogP contribution in [0.3, 0.4) is 0 Å². The van der Waals surface area contributed by atoms with E-state index in [9.17, 15) is 4.79 Å². The number of carbonyl (C=O) groups excluding carboxylic acids is 1. The highest BCUT2D eigenvalue weighted by Crippen LogP contribution is 2.10. The largest absolute Gasteiger partial charge is 0.409 e. The maximum atomic E-state index is 11.6. The van der Waals surface area contributed by atoms with Crippen molar-refractivity contribution < 1.29 is 10.0 Å². The van der Waals surface area contributed by atoms with Crippen LogP contribution in [-0.2, 0) is 4.79 Å². The molecule has 0 aromatic carbocycles. The van der Waals surface area contributed by atoms with Crippen LogP contribution in [0.2, 0.25) is 0 Å². The molecule has 0 bridgehead atoms. The van der Waals surface area contributed by atoms with E-state index in [1.165, 1.54) is 44.9 Å². The van der Waals surface area contributed by atoms with Gasteiger partial charge in [-0.1, -0.05) is 63.4 Å². The van der Waals surface area contributed by atoms with E-state index in [0.717, 1.165) is 12.8 Å². The van der Waals surface area contributed by atoms with Crippen LogP contribution < -0.4 is 11.1 Å². The fourth-order valence-corrected chi connectivity index (χ4v) is 2.07. The normalized spacial score (nSPS) is 13.2. The average molecular weight is 285 g/mol. The SMILES string of the molecule is CCCCCCCCCCCC(=O)NC(C)C(N)=NO. The maximum Gasteiger partial charge on any atom is 0.220 e. The molecule has 0 aliphatic heterocycles. The van der Waals surface area contributed by atoms with Crippen LogP contribution in [0.25, 0.3) is 0 Å². The molecule has 0 fully saturated rings. The maximum absolute atomic E-state index is 11.6. The smallest absolute Gasteiger partial charge is 0.220 e. The fraction of sp³-hybridized carbons (Fsp3) is 0.867. The molecule has 5 nitrogen and oxygen atoms in total. The topological polar surface area (TPSA) is 87.7 Å². The number of amides is 1. The van der Waals surface area contributed by atoms with Crippen molar-refractivity contribution in [2.75, 3.05) is 0 Å². The second-order valence-corrected chi connectivity index (χ2v) is 5.39. The second kappa shape index (κ2) is 12.8. The number of carbonyl (C=O) groups is 1. The number of oxime groups is 1. The summed E-state index contributed by atoms with van der Waals surface area (Å²) in [6, 6.07) is -0.411. The molecule has 1 atom stereocenters. The summed E-state index contributed by atoms with van der Waals surface area (Å²) in [4.78, 5) is 11.6. The monoisotopic (exact) mass is 285 g/mol. The van der Waals surface area contributed by atoms with E-state index in [2.05, 4.69) is 17.4 Å². The molecule has 0 radical (unpaired) electrons. The molecule has 1 amide bonds. The number of hydrogen-bond acceptors (Lipinski definition) is 3. The highest BCUT2D eigenvalue weighted by molar-refractivity contribution is 5.89. The summed E-state index contributed by atoms with van der Waals surface area (Å²) in [6.07, 6.45) is 11.6. The van der Waals surface area contributed by atoms with Gasteiger partial charge in [0.1, 0.15) is 0 Å². The third-order valence-corrected chi connectivity index (χ3v) is 3.44. The first kappa shape index (κ1) is 18.7. The zero-order chi connectivity index (χ0) is 15.2. The third kappa shape index (κ3) is 10.6. The van der Waals surface area contributed by atoms with E-state index in [1.54, 1.807) is 6.92 Å². The van der Waals surface area contributed by atoms with Gasteiger partial charge in [-0.3, -0.25) is 4.79 Å². The van der Waals surface area contributed by atoms with Gasteiger partial charge in [0.25, 0.3) is 0 Å². The van der Waals surface area contributed by atoms with Gasteiger partial charge in [-0.15, -0.1) is 0 Å². The first-order valence-corrected chi connectivity index (χ1v) is 7.88. The number of amidine groups is 1. The minimum Gasteiger partial charge on any atom is -0.409 e. The summed E-state index contributed by atoms with van der Waals surface area (Å²) in [5.74, 6) is -0.00234. The van der Waals surface area contributed by atoms with E-state index in [1.807, 2.05) is 0 Å². The van der Waals surface area contributed by atoms with Crippen molar-refractivity contribution >= 4 is 11.7 Å². The van der Waals surface area contributed by atoms with Crippen LogP contribution in [0.5, 0.6) is 0 Å². The molecule has 5 heteroatoms. The highest BCUT2D eigenvalue weighted by atomic mass is 16.4. The van der Waals surface area contributed by atoms with E-state index < -0.39 is 6.04 Å². The van der Waals surface area contributed by atoms with Gasteiger partial charge in [-0.25, -0.2) is 0 Å². The average Bonchev–Trinajstić information content (AvgIpc) is 2.44. The molecule has 0 aliphatic carbocycles. The summed E-state index contributed by atoms with van der Waals surface area (Å²) in [5, 5.41) is 14.1. The first-order chi connectivity index (χ1) is 9.61. The minimum atomic E-state index is -0.411. The summed E-state index contributed by atoms with van der Waals surface area (Å²) in [5.41, 5.74) is 5.39. The Morgan fingerprint density at radius 2 is 1.60 bits per heavy atom. The van der Waals surface area contributed by atoms with Crippen LogP contribution >= 0.6 is 0 Å². The zero-order valence-electron chi connectivity index (χ0n) is 13.0. The Hall–Kier alpha value is -1.26. The summed E-state index contributed by atoms with van der Waals surface area (Å²) in [7, 11) is 0.